The number of nitrogens with zero attached hydrogens (tertiary/aromatic N) is 3. The monoisotopic (exact) mass is 563 g/mol. The zero-order valence-corrected chi connectivity index (χ0v) is 26.8. The van der Waals surface area contributed by atoms with Crippen molar-refractivity contribution < 1.29 is 0 Å². The minimum atomic E-state index is 0.150. The van der Waals surface area contributed by atoms with Gasteiger partial charge in [0.05, 0.1) is 5.69 Å². The van der Waals surface area contributed by atoms with Crippen molar-refractivity contribution in [3.8, 4) is 11.4 Å². The van der Waals surface area contributed by atoms with Crippen LogP contribution in [0.3, 0.4) is 0 Å². The second-order valence-electron chi connectivity index (χ2n) is 13.0. The van der Waals surface area contributed by atoms with E-state index in [9.17, 15) is 0 Å². The molecular formula is C39H42BN3. The molecule has 0 N–H and O–H groups in total. The van der Waals surface area contributed by atoms with Crippen molar-refractivity contribution in [3.63, 3.8) is 0 Å². The molecule has 0 radical (unpaired) electrons. The highest BCUT2D eigenvalue weighted by Gasteiger charge is 2.38. The summed E-state index contributed by atoms with van der Waals surface area (Å²) in [6.07, 6.45) is 3.62. The van der Waals surface area contributed by atoms with Crippen LogP contribution >= 0.6 is 0 Å². The molecule has 0 bridgehead atoms. The SMILES string of the molecule is Cc1cc(-c2ncccn2)cc(C)c1N1c2ccccc2B(c2c(C(C)C)cc(C(C)C)cc2C(C)C)c2ccccc21. The van der Waals surface area contributed by atoms with Crippen LogP contribution < -0.4 is 21.3 Å². The van der Waals surface area contributed by atoms with Gasteiger partial charge in [-0.3, -0.25) is 0 Å². The molecule has 43 heavy (non-hydrogen) atoms. The largest absolute Gasteiger partial charge is 0.311 e. The van der Waals surface area contributed by atoms with Crippen LogP contribution in [-0.2, 0) is 0 Å². The zero-order valence-electron chi connectivity index (χ0n) is 26.8. The fourth-order valence-corrected chi connectivity index (χ4v) is 6.95. The topological polar surface area (TPSA) is 29.0 Å². The Labute approximate surface area is 258 Å². The molecule has 5 aromatic rings. The number of aryl methyl sites for hydroxylation is 2. The second-order valence-corrected chi connectivity index (χ2v) is 13.0. The first-order valence-electron chi connectivity index (χ1n) is 15.7. The molecule has 216 valence electrons. The Balaban J connectivity index is 1.62. The van der Waals surface area contributed by atoms with Gasteiger partial charge in [0.1, 0.15) is 0 Å². The molecule has 6 rings (SSSR count). The smallest absolute Gasteiger partial charge is 0.247 e. The summed E-state index contributed by atoms with van der Waals surface area (Å²) in [5, 5.41) is 0. The molecule has 0 amide bonds. The number of benzene rings is 4. The van der Waals surface area contributed by atoms with Gasteiger partial charge in [-0.1, -0.05) is 95.5 Å². The van der Waals surface area contributed by atoms with Crippen LogP contribution in [-0.4, -0.2) is 16.7 Å². The number of aromatic nitrogens is 2. The summed E-state index contributed by atoms with van der Waals surface area (Å²) >= 11 is 0. The normalized spacial score (nSPS) is 12.7. The summed E-state index contributed by atoms with van der Waals surface area (Å²) < 4.78 is 0. The average Bonchev–Trinajstić information content (AvgIpc) is 3.00. The predicted molar refractivity (Wildman–Crippen MR) is 185 cm³/mol. The van der Waals surface area contributed by atoms with Crippen LogP contribution in [0.25, 0.3) is 11.4 Å². The number of rotatable bonds is 6. The molecule has 0 unspecified atom stereocenters. The van der Waals surface area contributed by atoms with Crippen molar-refractivity contribution in [1.29, 1.82) is 0 Å². The predicted octanol–water partition coefficient (Wildman–Crippen LogP) is 8.43. The first kappa shape index (κ1) is 28.9. The molecule has 1 aromatic heterocycles. The minimum absolute atomic E-state index is 0.150. The lowest BCUT2D eigenvalue weighted by atomic mass is 9.33. The number of para-hydroxylation sites is 2. The van der Waals surface area contributed by atoms with Crippen molar-refractivity contribution in [2.45, 2.75) is 73.1 Å². The van der Waals surface area contributed by atoms with Crippen LogP contribution in [0, 0.1) is 13.8 Å². The Morgan fingerprint density at radius 1 is 0.605 bits per heavy atom. The van der Waals surface area contributed by atoms with Crippen LogP contribution in [0.4, 0.5) is 17.1 Å². The number of fused-ring (bicyclic) bond motifs is 2. The summed E-state index contributed by atoms with van der Waals surface area (Å²) in [6.45, 7) is 18.6. The highest BCUT2D eigenvalue weighted by atomic mass is 15.2. The number of hydrogen-bond donors (Lipinski definition) is 0. The van der Waals surface area contributed by atoms with Gasteiger partial charge in [-0.15, -0.1) is 0 Å². The lowest BCUT2D eigenvalue weighted by Crippen LogP contribution is -2.59. The highest BCUT2D eigenvalue weighted by Crippen LogP contribution is 2.41. The van der Waals surface area contributed by atoms with E-state index in [4.69, 9.17) is 0 Å². The Kier molecular flexibility index (Phi) is 7.73. The molecule has 1 aliphatic rings. The summed E-state index contributed by atoms with van der Waals surface area (Å²) in [6, 6.07) is 29.4. The third-order valence-electron chi connectivity index (χ3n) is 8.98. The van der Waals surface area contributed by atoms with Crippen LogP contribution in [0.15, 0.2) is 91.3 Å². The minimum Gasteiger partial charge on any atom is -0.311 e. The molecule has 0 atom stereocenters. The summed E-state index contributed by atoms with van der Waals surface area (Å²) in [4.78, 5) is 11.5. The Bertz CT molecular complexity index is 1690. The maximum atomic E-state index is 4.53. The first-order chi connectivity index (χ1) is 20.7. The molecule has 0 saturated heterocycles. The van der Waals surface area contributed by atoms with Crippen molar-refractivity contribution in [2.75, 3.05) is 4.90 Å². The van der Waals surface area contributed by atoms with Gasteiger partial charge in [-0.25, -0.2) is 9.97 Å². The fourth-order valence-electron chi connectivity index (χ4n) is 6.95. The third-order valence-corrected chi connectivity index (χ3v) is 8.98. The van der Waals surface area contributed by atoms with Crippen LogP contribution in [0.1, 0.15) is 87.1 Å². The van der Waals surface area contributed by atoms with Gasteiger partial charge < -0.3 is 4.90 Å². The van der Waals surface area contributed by atoms with E-state index in [1.54, 1.807) is 0 Å². The van der Waals surface area contributed by atoms with E-state index in [1.165, 1.54) is 61.3 Å². The fraction of sp³-hybridized carbons (Fsp3) is 0.282. The lowest BCUT2D eigenvalue weighted by Gasteiger charge is -2.40. The van der Waals surface area contributed by atoms with Gasteiger partial charge in [-0.05, 0) is 101 Å². The molecular weight excluding hydrogens is 521 g/mol. The van der Waals surface area contributed by atoms with E-state index in [0.717, 1.165) is 11.4 Å². The van der Waals surface area contributed by atoms with Crippen molar-refractivity contribution >= 4 is 40.2 Å². The number of hydrogen-bond acceptors (Lipinski definition) is 3. The molecule has 1 aliphatic heterocycles. The molecule has 0 spiro atoms. The van der Waals surface area contributed by atoms with Gasteiger partial charge in [0.25, 0.3) is 0 Å². The van der Waals surface area contributed by atoms with Gasteiger partial charge in [0.15, 0.2) is 5.82 Å². The first-order valence-corrected chi connectivity index (χ1v) is 15.7. The van der Waals surface area contributed by atoms with E-state index in [0.29, 0.717) is 17.8 Å². The van der Waals surface area contributed by atoms with Crippen LogP contribution in [0.5, 0.6) is 0 Å². The van der Waals surface area contributed by atoms with E-state index in [-0.39, 0.29) is 6.71 Å². The van der Waals surface area contributed by atoms with Crippen LogP contribution in [0.2, 0.25) is 0 Å². The second kappa shape index (κ2) is 11.5. The number of anilines is 3. The molecule has 4 heteroatoms. The van der Waals surface area contributed by atoms with E-state index in [2.05, 4.69) is 143 Å². The zero-order chi connectivity index (χ0) is 30.4. The maximum absolute atomic E-state index is 4.53. The van der Waals surface area contributed by atoms with Crippen molar-refractivity contribution in [2.24, 2.45) is 0 Å². The van der Waals surface area contributed by atoms with E-state index < -0.39 is 0 Å². The van der Waals surface area contributed by atoms with Crippen molar-refractivity contribution in [3.05, 3.63) is 119 Å². The molecule has 0 aliphatic carbocycles. The third kappa shape index (κ3) is 5.07. The molecule has 0 fully saturated rings. The Morgan fingerprint density at radius 2 is 1.09 bits per heavy atom. The van der Waals surface area contributed by atoms with E-state index in [1.807, 2.05) is 18.5 Å². The quantitative estimate of drug-likeness (QED) is 0.191. The van der Waals surface area contributed by atoms with E-state index >= 15 is 0 Å². The molecule has 0 saturated carbocycles. The Hall–Kier alpha value is -4.18. The standard InChI is InChI=1S/C39H42BN3/c1-24(2)29-22-31(25(3)4)37(32(23-29)26(5)6)40-33-14-9-11-16-35(33)43(36-17-12-10-15-34(36)40)38-27(7)20-30(21-28(38)8)39-41-18-13-19-42-39/h9-26H,1-8H3. The highest BCUT2D eigenvalue weighted by molar-refractivity contribution is 6.98. The average molecular weight is 564 g/mol. The molecule has 4 aromatic carbocycles. The van der Waals surface area contributed by atoms with Crippen molar-refractivity contribution in [1.82, 2.24) is 9.97 Å². The van der Waals surface area contributed by atoms with Gasteiger partial charge in [0, 0.05) is 29.3 Å². The van der Waals surface area contributed by atoms with Gasteiger partial charge in [-0.2, -0.15) is 0 Å². The Morgan fingerprint density at radius 3 is 1.56 bits per heavy atom. The summed E-state index contributed by atoms with van der Waals surface area (Å²) in [7, 11) is 0. The molecule has 3 nitrogen and oxygen atoms in total. The van der Waals surface area contributed by atoms with Gasteiger partial charge in [0.2, 0.25) is 6.71 Å². The molecule has 2 heterocycles. The maximum Gasteiger partial charge on any atom is 0.247 e. The lowest BCUT2D eigenvalue weighted by molar-refractivity contribution is 0.812. The van der Waals surface area contributed by atoms with Gasteiger partial charge >= 0.3 is 0 Å². The summed E-state index contributed by atoms with van der Waals surface area (Å²) in [5.74, 6) is 2.08. The summed E-state index contributed by atoms with van der Waals surface area (Å²) in [5.41, 5.74) is 15.8.